The van der Waals surface area contributed by atoms with E-state index < -0.39 is 0 Å². The van der Waals surface area contributed by atoms with Crippen LogP contribution in [0.3, 0.4) is 0 Å². The van der Waals surface area contributed by atoms with Gasteiger partial charge in [-0.2, -0.15) is 0 Å². The maximum absolute atomic E-state index is 9.92. The van der Waals surface area contributed by atoms with E-state index in [1.54, 1.807) is 11.1 Å². The standard InChI is InChI=1S/C21H30O/c1-13(2)19-8-9-20-18-6-4-14-12-15(22)5-7-16(14)17(18)10-11-21(19,20)3/h12,15,18-20,22H,1,4-11H2,2-3H3. The quantitative estimate of drug-likeness (QED) is 0.662. The first kappa shape index (κ1) is 14.8. The van der Waals surface area contributed by atoms with Crippen molar-refractivity contribution in [3.63, 3.8) is 0 Å². The summed E-state index contributed by atoms with van der Waals surface area (Å²) in [7, 11) is 0. The molecule has 4 aliphatic rings. The molecule has 1 N–H and O–H groups in total. The Labute approximate surface area is 135 Å². The van der Waals surface area contributed by atoms with Gasteiger partial charge in [-0.1, -0.05) is 30.7 Å². The predicted octanol–water partition coefficient (Wildman–Crippen LogP) is 5.18. The highest BCUT2D eigenvalue weighted by Crippen LogP contribution is 2.63. The molecule has 4 aliphatic carbocycles. The van der Waals surface area contributed by atoms with E-state index in [0.717, 1.165) is 30.6 Å². The Morgan fingerprint density at radius 2 is 2.00 bits per heavy atom. The maximum Gasteiger partial charge on any atom is 0.0729 e. The summed E-state index contributed by atoms with van der Waals surface area (Å²) >= 11 is 0. The van der Waals surface area contributed by atoms with E-state index in [9.17, 15) is 5.11 Å². The van der Waals surface area contributed by atoms with Crippen LogP contribution in [0.15, 0.2) is 34.9 Å². The molecule has 5 atom stereocenters. The molecule has 0 radical (unpaired) electrons. The number of aliphatic hydroxyl groups is 1. The average molecular weight is 298 g/mol. The zero-order valence-electron chi connectivity index (χ0n) is 14.2. The first-order valence-corrected chi connectivity index (χ1v) is 9.27. The molecule has 1 nitrogen and oxygen atoms in total. The van der Waals surface area contributed by atoms with Crippen molar-refractivity contribution in [1.29, 1.82) is 0 Å². The normalized spacial score (nSPS) is 44.0. The van der Waals surface area contributed by atoms with Crippen LogP contribution in [0.2, 0.25) is 0 Å². The van der Waals surface area contributed by atoms with Crippen molar-refractivity contribution in [2.24, 2.45) is 23.2 Å². The fourth-order valence-corrected chi connectivity index (χ4v) is 6.46. The summed E-state index contributed by atoms with van der Waals surface area (Å²) in [5.41, 5.74) is 6.84. The molecule has 1 heteroatoms. The first-order chi connectivity index (χ1) is 10.5. The van der Waals surface area contributed by atoms with Crippen LogP contribution < -0.4 is 0 Å². The molecular formula is C21H30O. The Morgan fingerprint density at radius 1 is 1.18 bits per heavy atom. The Balaban J connectivity index is 1.70. The van der Waals surface area contributed by atoms with Crippen LogP contribution in [0.4, 0.5) is 0 Å². The van der Waals surface area contributed by atoms with Crippen molar-refractivity contribution >= 4 is 0 Å². The van der Waals surface area contributed by atoms with Gasteiger partial charge in [-0.15, -0.1) is 0 Å². The minimum atomic E-state index is -0.191. The van der Waals surface area contributed by atoms with Gasteiger partial charge in [0.25, 0.3) is 0 Å². The van der Waals surface area contributed by atoms with Gasteiger partial charge in [0.2, 0.25) is 0 Å². The van der Waals surface area contributed by atoms with Gasteiger partial charge >= 0.3 is 0 Å². The van der Waals surface area contributed by atoms with Crippen LogP contribution in [-0.2, 0) is 0 Å². The highest BCUT2D eigenvalue weighted by Gasteiger charge is 2.53. The van der Waals surface area contributed by atoms with Crippen LogP contribution in [0.1, 0.15) is 65.2 Å². The summed E-state index contributed by atoms with van der Waals surface area (Å²) in [6, 6.07) is 0. The second kappa shape index (κ2) is 5.09. The van der Waals surface area contributed by atoms with Crippen LogP contribution in [0, 0.1) is 23.2 Å². The van der Waals surface area contributed by atoms with E-state index in [4.69, 9.17) is 0 Å². The Kier molecular flexibility index (Phi) is 3.41. The van der Waals surface area contributed by atoms with E-state index in [1.807, 2.05) is 0 Å². The molecule has 0 aromatic heterocycles. The Morgan fingerprint density at radius 3 is 2.77 bits per heavy atom. The number of allylic oxidation sites excluding steroid dienone is 4. The molecule has 0 amide bonds. The molecule has 5 unspecified atom stereocenters. The molecule has 0 heterocycles. The molecule has 0 aromatic carbocycles. The minimum absolute atomic E-state index is 0.191. The molecule has 22 heavy (non-hydrogen) atoms. The summed E-state index contributed by atoms with van der Waals surface area (Å²) in [6.45, 7) is 9.11. The molecular weight excluding hydrogens is 268 g/mol. The monoisotopic (exact) mass is 298 g/mol. The summed E-state index contributed by atoms with van der Waals surface area (Å²) in [5.74, 6) is 2.44. The van der Waals surface area contributed by atoms with Gasteiger partial charge in [0.1, 0.15) is 0 Å². The van der Waals surface area contributed by atoms with Crippen molar-refractivity contribution in [3.8, 4) is 0 Å². The third-order valence-corrected chi connectivity index (χ3v) is 7.45. The highest BCUT2D eigenvalue weighted by molar-refractivity contribution is 5.43. The Hall–Kier alpha value is -0.820. The summed E-state index contributed by atoms with van der Waals surface area (Å²) in [6.07, 6.45) is 11.9. The molecule has 4 rings (SSSR count). The molecule has 120 valence electrons. The minimum Gasteiger partial charge on any atom is -0.389 e. The second-order valence-corrected chi connectivity index (χ2v) is 8.54. The first-order valence-electron chi connectivity index (χ1n) is 9.27. The lowest BCUT2D eigenvalue weighted by atomic mass is 9.55. The van der Waals surface area contributed by atoms with Crippen molar-refractivity contribution in [3.05, 3.63) is 34.9 Å². The van der Waals surface area contributed by atoms with Gasteiger partial charge in [-0.25, -0.2) is 0 Å². The number of fused-ring (bicyclic) bond motifs is 4. The van der Waals surface area contributed by atoms with Crippen LogP contribution in [0.25, 0.3) is 0 Å². The highest BCUT2D eigenvalue weighted by atomic mass is 16.3. The van der Waals surface area contributed by atoms with Crippen LogP contribution in [0.5, 0.6) is 0 Å². The summed E-state index contributed by atoms with van der Waals surface area (Å²) < 4.78 is 0. The summed E-state index contributed by atoms with van der Waals surface area (Å²) in [4.78, 5) is 0. The summed E-state index contributed by atoms with van der Waals surface area (Å²) in [5, 5.41) is 9.92. The molecule has 0 aliphatic heterocycles. The number of hydrogen-bond donors (Lipinski definition) is 1. The zero-order chi connectivity index (χ0) is 15.5. The van der Waals surface area contributed by atoms with Gasteiger partial charge < -0.3 is 5.11 Å². The van der Waals surface area contributed by atoms with E-state index >= 15 is 0 Å². The second-order valence-electron chi connectivity index (χ2n) is 8.54. The molecule has 2 saturated carbocycles. The third-order valence-electron chi connectivity index (χ3n) is 7.45. The lowest BCUT2D eigenvalue weighted by Crippen LogP contribution is -2.40. The van der Waals surface area contributed by atoms with Crippen LogP contribution in [-0.4, -0.2) is 11.2 Å². The van der Waals surface area contributed by atoms with Crippen LogP contribution >= 0.6 is 0 Å². The van der Waals surface area contributed by atoms with Gasteiger partial charge in [0.05, 0.1) is 6.10 Å². The molecule has 0 bridgehead atoms. The number of aliphatic hydroxyl groups excluding tert-OH is 1. The fraction of sp³-hybridized carbons (Fsp3) is 0.714. The Bertz CT molecular complexity index is 566. The van der Waals surface area contributed by atoms with Gasteiger partial charge in [-0.3, -0.25) is 0 Å². The van der Waals surface area contributed by atoms with Crippen molar-refractivity contribution in [2.45, 2.75) is 71.3 Å². The molecule has 0 aromatic rings. The van der Waals surface area contributed by atoms with Crippen molar-refractivity contribution in [1.82, 2.24) is 0 Å². The van der Waals surface area contributed by atoms with E-state index in [1.165, 1.54) is 49.7 Å². The van der Waals surface area contributed by atoms with E-state index in [-0.39, 0.29) is 6.10 Å². The maximum atomic E-state index is 9.92. The molecule has 0 spiro atoms. The van der Waals surface area contributed by atoms with E-state index in [0.29, 0.717) is 5.41 Å². The molecule has 0 saturated heterocycles. The van der Waals surface area contributed by atoms with Gasteiger partial charge in [0.15, 0.2) is 0 Å². The smallest absolute Gasteiger partial charge is 0.0729 e. The number of rotatable bonds is 1. The fourth-order valence-electron chi connectivity index (χ4n) is 6.46. The lowest BCUT2D eigenvalue weighted by Gasteiger charge is -2.49. The SMILES string of the molecule is C=C(C)C1CCC2C3CCC4=CC(O)CCC4=C3CCC12C. The van der Waals surface area contributed by atoms with Crippen molar-refractivity contribution in [2.75, 3.05) is 0 Å². The molecule has 2 fully saturated rings. The van der Waals surface area contributed by atoms with Crippen molar-refractivity contribution < 1.29 is 5.11 Å². The predicted molar refractivity (Wildman–Crippen MR) is 91.4 cm³/mol. The zero-order valence-corrected chi connectivity index (χ0v) is 14.2. The number of hydrogen-bond acceptors (Lipinski definition) is 1. The topological polar surface area (TPSA) is 20.2 Å². The lowest BCUT2D eigenvalue weighted by molar-refractivity contribution is 0.0880. The third kappa shape index (κ3) is 2.01. The van der Waals surface area contributed by atoms with Gasteiger partial charge in [-0.05, 0) is 92.6 Å². The van der Waals surface area contributed by atoms with E-state index in [2.05, 4.69) is 26.5 Å². The van der Waals surface area contributed by atoms with Gasteiger partial charge in [0, 0.05) is 0 Å². The largest absolute Gasteiger partial charge is 0.389 e. The average Bonchev–Trinajstić information content (AvgIpc) is 2.84.